The van der Waals surface area contributed by atoms with Gasteiger partial charge in [-0.1, -0.05) is 12.8 Å². The fourth-order valence-electron chi connectivity index (χ4n) is 4.01. The Morgan fingerprint density at radius 3 is 2.90 bits per heavy atom. The Morgan fingerprint density at radius 1 is 1.23 bits per heavy atom. The number of fused-ring (bicyclic) bond motifs is 1. The van der Waals surface area contributed by atoms with Gasteiger partial charge in [0.05, 0.1) is 6.26 Å². The second-order valence-corrected chi connectivity index (χ2v) is 7.53. The van der Waals surface area contributed by atoms with Crippen molar-refractivity contribution in [2.45, 2.75) is 38.1 Å². The van der Waals surface area contributed by atoms with Crippen LogP contribution in [0.1, 0.15) is 53.5 Å². The molecule has 0 unspecified atom stereocenters. The van der Waals surface area contributed by atoms with Crippen molar-refractivity contribution >= 4 is 17.1 Å². The Bertz CT molecular complexity index is 1200. The van der Waals surface area contributed by atoms with Crippen LogP contribution in [0.25, 0.3) is 22.5 Å². The van der Waals surface area contributed by atoms with E-state index >= 15 is 0 Å². The summed E-state index contributed by atoms with van der Waals surface area (Å²) in [6, 6.07) is 8.07. The largest absolute Gasteiger partial charge is 0.464 e. The molecule has 0 bridgehead atoms. The summed E-state index contributed by atoms with van der Waals surface area (Å²) in [4.78, 5) is 29.0. The maximum absolute atomic E-state index is 14.0. The van der Waals surface area contributed by atoms with Crippen LogP contribution in [0.5, 0.6) is 0 Å². The number of furan rings is 1. The molecule has 3 aromatic heterocycles. The number of benzene rings is 1. The van der Waals surface area contributed by atoms with Gasteiger partial charge in [0.25, 0.3) is 5.91 Å². The van der Waals surface area contributed by atoms with Crippen LogP contribution in [0.2, 0.25) is 0 Å². The number of hydrogen-bond donors (Lipinski definition) is 2. The summed E-state index contributed by atoms with van der Waals surface area (Å²) in [6.07, 6.45) is 7.43. The van der Waals surface area contributed by atoms with Crippen LogP contribution in [0, 0.1) is 5.82 Å². The minimum atomic E-state index is -0.396. The van der Waals surface area contributed by atoms with Crippen LogP contribution < -0.4 is 5.32 Å². The smallest absolute Gasteiger partial charge is 0.272 e. The fraction of sp³-hybridized carbons (Fsp3) is 0.273. The molecule has 30 heavy (non-hydrogen) atoms. The van der Waals surface area contributed by atoms with Crippen molar-refractivity contribution < 1.29 is 13.6 Å². The van der Waals surface area contributed by atoms with Gasteiger partial charge in [-0.05, 0) is 48.7 Å². The quantitative estimate of drug-likeness (QED) is 0.515. The number of aromatic amines is 1. The summed E-state index contributed by atoms with van der Waals surface area (Å²) in [6.45, 7) is 0.152. The van der Waals surface area contributed by atoms with E-state index in [2.05, 4.69) is 25.3 Å². The molecule has 4 aromatic rings. The molecule has 1 aliphatic rings. The van der Waals surface area contributed by atoms with Gasteiger partial charge < -0.3 is 14.7 Å². The van der Waals surface area contributed by atoms with E-state index in [1.54, 1.807) is 18.2 Å². The monoisotopic (exact) mass is 405 g/mol. The zero-order chi connectivity index (χ0) is 20.5. The lowest BCUT2D eigenvalue weighted by Gasteiger charge is -2.07. The summed E-state index contributed by atoms with van der Waals surface area (Å²) in [5, 5.41) is 2.81. The van der Waals surface area contributed by atoms with Crippen LogP contribution >= 0.6 is 0 Å². The molecule has 0 aliphatic heterocycles. The molecule has 7 nitrogen and oxygen atoms in total. The van der Waals surface area contributed by atoms with Gasteiger partial charge in [-0.15, -0.1) is 0 Å². The van der Waals surface area contributed by atoms with Crippen molar-refractivity contribution in [3.05, 3.63) is 65.8 Å². The predicted octanol–water partition coefficient (Wildman–Crippen LogP) is 4.34. The number of halogens is 1. The SMILES string of the molecule is O=C(NCc1cc(F)cc(-c2ccco2)c1)c1ncnc2nc(C3CCCC3)[nH]c12. The van der Waals surface area contributed by atoms with E-state index in [-0.39, 0.29) is 18.1 Å². The Kier molecular flexibility index (Phi) is 4.74. The highest BCUT2D eigenvalue weighted by molar-refractivity contribution is 6.02. The molecule has 5 rings (SSSR count). The molecular weight excluding hydrogens is 385 g/mol. The van der Waals surface area contributed by atoms with E-state index in [9.17, 15) is 9.18 Å². The highest BCUT2D eigenvalue weighted by atomic mass is 19.1. The molecule has 1 aromatic carbocycles. The van der Waals surface area contributed by atoms with Gasteiger partial charge in [0, 0.05) is 18.0 Å². The highest BCUT2D eigenvalue weighted by Gasteiger charge is 2.23. The van der Waals surface area contributed by atoms with Gasteiger partial charge in [0.15, 0.2) is 11.3 Å². The molecular formula is C22H20FN5O2. The molecule has 0 radical (unpaired) electrons. The first kappa shape index (κ1) is 18.5. The Balaban J connectivity index is 1.36. The average Bonchev–Trinajstić information content (AvgIpc) is 3.51. The van der Waals surface area contributed by atoms with Crippen LogP contribution in [-0.4, -0.2) is 25.8 Å². The Morgan fingerprint density at radius 2 is 2.10 bits per heavy atom. The number of nitrogens with one attached hydrogen (secondary N) is 2. The lowest BCUT2D eigenvalue weighted by Crippen LogP contribution is -2.24. The molecule has 1 aliphatic carbocycles. The molecule has 0 saturated heterocycles. The van der Waals surface area contributed by atoms with Gasteiger partial charge >= 0.3 is 0 Å². The van der Waals surface area contributed by atoms with Crippen LogP contribution in [0.15, 0.2) is 47.3 Å². The van der Waals surface area contributed by atoms with Crippen molar-refractivity contribution in [2.75, 3.05) is 0 Å². The summed E-state index contributed by atoms with van der Waals surface area (Å²) in [5.41, 5.74) is 2.49. The summed E-state index contributed by atoms with van der Waals surface area (Å²) in [5.74, 6) is 1.05. The molecule has 0 spiro atoms. The molecule has 1 amide bonds. The number of imidazole rings is 1. The topological polar surface area (TPSA) is 96.7 Å². The average molecular weight is 405 g/mol. The zero-order valence-electron chi connectivity index (χ0n) is 16.2. The van der Waals surface area contributed by atoms with E-state index < -0.39 is 5.82 Å². The lowest BCUT2D eigenvalue weighted by atomic mass is 10.1. The molecule has 0 atom stereocenters. The van der Waals surface area contributed by atoms with Crippen molar-refractivity contribution in [3.63, 3.8) is 0 Å². The minimum Gasteiger partial charge on any atom is -0.464 e. The van der Waals surface area contributed by atoms with Gasteiger partial charge in [0.2, 0.25) is 0 Å². The van der Waals surface area contributed by atoms with Crippen molar-refractivity contribution in [1.82, 2.24) is 25.3 Å². The number of carbonyl (C=O) groups excluding carboxylic acids is 1. The molecule has 1 fully saturated rings. The number of H-pyrrole nitrogens is 1. The first-order valence-electron chi connectivity index (χ1n) is 9.99. The number of hydrogen-bond acceptors (Lipinski definition) is 5. The zero-order valence-corrected chi connectivity index (χ0v) is 16.2. The van der Waals surface area contributed by atoms with Crippen LogP contribution in [-0.2, 0) is 6.54 Å². The van der Waals surface area contributed by atoms with E-state index in [0.29, 0.717) is 34.0 Å². The van der Waals surface area contributed by atoms with Crippen molar-refractivity contribution in [1.29, 1.82) is 0 Å². The molecule has 1 saturated carbocycles. The number of rotatable bonds is 5. The third-order valence-electron chi connectivity index (χ3n) is 5.48. The fourth-order valence-corrected chi connectivity index (χ4v) is 4.01. The number of carbonyl (C=O) groups is 1. The number of nitrogens with zero attached hydrogens (tertiary/aromatic N) is 3. The Labute approximate surface area is 171 Å². The first-order chi connectivity index (χ1) is 14.7. The molecule has 8 heteroatoms. The first-order valence-corrected chi connectivity index (χ1v) is 9.99. The van der Waals surface area contributed by atoms with Crippen LogP contribution in [0.4, 0.5) is 4.39 Å². The van der Waals surface area contributed by atoms with Gasteiger partial charge in [0.1, 0.15) is 29.2 Å². The van der Waals surface area contributed by atoms with Crippen molar-refractivity contribution in [3.8, 4) is 11.3 Å². The number of aromatic nitrogens is 4. The Hall–Kier alpha value is -3.55. The molecule has 3 heterocycles. The summed E-state index contributed by atoms with van der Waals surface area (Å²) >= 11 is 0. The van der Waals surface area contributed by atoms with E-state index in [1.165, 1.54) is 37.6 Å². The van der Waals surface area contributed by atoms with E-state index in [0.717, 1.165) is 18.7 Å². The normalized spacial score (nSPS) is 14.4. The van der Waals surface area contributed by atoms with E-state index in [1.807, 2.05) is 0 Å². The minimum absolute atomic E-state index is 0.152. The van der Waals surface area contributed by atoms with E-state index in [4.69, 9.17) is 4.42 Å². The molecule has 2 N–H and O–H groups in total. The molecule has 152 valence electrons. The van der Waals surface area contributed by atoms with Crippen molar-refractivity contribution in [2.24, 2.45) is 0 Å². The highest BCUT2D eigenvalue weighted by Crippen LogP contribution is 2.33. The number of amides is 1. The lowest BCUT2D eigenvalue weighted by molar-refractivity contribution is 0.0947. The van der Waals surface area contributed by atoms with Gasteiger partial charge in [-0.2, -0.15) is 0 Å². The van der Waals surface area contributed by atoms with Gasteiger partial charge in [-0.25, -0.2) is 19.3 Å². The predicted molar refractivity (Wildman–Crippen MR) is 108 cm³/mol. The third-order valence-corrected chi connectivity index (χ3v) is 5.48. The second kappa shape index (κ2) is 7.70. The maximum Gasteiger partial charge on any atom is 0.272 e. The maximum atomic E-state index is 14.0. The van der Waals surface area contributed by atoms with Crippen LogP contribution in [0.3, 0.4) is 0 Å². The summed E-state index contributed by atoms with van der Waals surface area (Å²) in [7, 11) is 0. The summed E-state index contributed by atoms with van der Waals surface area (Å²) < 4.78 is 19.4. The standard InChI is InChI=1S/C22H20FN5O2/c23-16-9-13(8-15(10-16)17-6-3-7-30-17)11-24-22(29)19-18-21(26-12-25-19)28-20(27-18)14-4-1-2-5-14/h3,6-10,12,14H,1-2,4-5,11H2,(H,24,29)(H,25,26,27,28). The second-order valence-electron chi connectivity index (χ2n) is 7.53. The van der Waals surface area contributed by atoms with Gasteiger partial charge in [-0.3, -0.25) is 4.79 Å². The third kappa shape index (κ3) is 3.56.